The quantitative estimate of drug-likeness (QED) is 0.558. The predicted molar refractivity (Wildman–Crippen MR) is 120 cm³/mol. The lowest BCUT2D eigenvalue weighted by molar-refractivity contribution is -0.148. The molecule has 0 aliphatic carbocycles. The molecule has 6 rings (SSSR count). The number of fused-ring (bicyclic) bond motifs is 3. The molecule has 34 heavy (non-hydrogen) atoms. The van der Waals surface area contributed by atoms with Crippen LogP contribution in [0.5, 0.6) is 0 Å². The predicted octanol–water partition coefficient (Wildman–Crippen LogP) is 3.22. The number of hydrogen-bond donors (Lipinski definition) is 0. The van der Waals surface area contributed by atoms with E-state index in [0.29, 0.717) is 16.8 Å². The first-order valence-electron chi connectivity index (χ1n) is 11.0. The van der Waals surface area contributed by atoms with E-state index in [1.165, 1.54) is 4.90 Å². The van der Waals surface area contributed by atoms with Gasteiger partial charge in [-0.25, -0.2) is 9.97 Å². The van der Waals surface area contributed by atoms with Crippen LogP contribution in [0.15, 0.2) is 30.6 Å². The molecule has 8 nitrogen and oxygen atoms in total. The van der Waals surface area contributed by atoms with Crippen LogP contribution in [-0.4, -0.2) is 68.5 Å². The van der Waals surface area contributed by atoms with Crippen LogP contribution in [-0.2, 0) is 13.1 Å². The lowest BCUT2D eigenvalue weighted by atomic mass is 9.73. The summed E-state index contributed by atoms with van der Waals surface area (Å²) in [6, 6.07) is 5.30. The lowest BCUT2D eigenvalue weighted by Gasteiger charge is -2.60. The zero-order valence-electron chi connectivity index (χ0n) is 18.4. The highest BCUT2D eigenvalue weighted by atomic mass is 35.5. The van der Waals surface area contributed by atoms with Gasteiger partial charge in [0.15, 0.2) is 5.82 Å². The Balaban J connectivity index is 1.24. The summed E-state index contributed by atoms with van der Waals surface area (Å²) in [6.45, 7) is 4.43. The van der Waals surface area contributed by atoms with Crippen LogP contribution in [0.25, 0.3) is 5.69 Å². The van der Waals surface area contributed by atoms with Crippen LogP contribution in [0.2, 0.25) is 5.02 Å². The van der Waals surface area contributed by atoms with Gasteiger partial charge in [0.05, 0.1) is 18.8 Å². The molecule has 2 fully saturated rings. The van der Waals surface area contributed by atoms with Gasteiger partial charge in [-0.3, -0.25) is 9.47 Å². The Hall–Kier alpha value is -2.92. The Bertz CT molecular complexity index is 1230. The molecular formula is C22H22ClF3N8. The average molecular weight is 491 g/mol. The third-order valence-corrected chi connectivity index (χ3v) is 6.83. The molecule has 1 spiro atoms. The summed E-state index contributed by atoms with van der Waals surface area (Å²) in [5.74, 6) is 1.88. The Morgan fingerprint density at radius 2 is 1.71 bits per heavy atom. The smallest absolute Gasteiger partial charge is 0.339 e. The van der Waals surface area contributed by atoms with E-state index in [1.807, 2.05) is 30.0 Å². The van der Waals surface area contributed by atoms with Gasteiger partial charge in [-0.15, -0.1) is 10.2 Å². The first-order valence-corrected chi connectivity index (χ1v) is 11.4. The van der Waals surface area contributed by atoms with Gasteiger partial charge in [-0.05, 0) is 36.2 Å². The molecule has 1 aromatic carbocycles. The van der Waals surface area contributed by atoms with Crippen molar-refractivity contribution in [1.29, 1.82) is 0 Å². The van der Waals surface area contributed by atoms with Crippen molar-refractivity contribution in [2.75, 3.05) is 42.5 Å². The fraction of sp³-hybridized carbons (Fsp3) is 0.455. The molecule has 0 N–H and O–H groups in total. The highest BCUT2D eigenvalue weighted by Crippen LogP contribution is 2.43. The van der Waals surface area contributed by atoms with E-state index in [2.05, 4.69) is 30.0 Å². The Morgan fingerprint density at radius 3 is 2.41 bits per heavy atom. The minimum atomic E-state index is -4.31. The molecule has 0 saturated carbocycles. The van der Waals surface area contributed by atoms with Crippen LogP contribution < -0.4 is 9.80 Å². The van der Waals surface area contributed by atoms with Crippen LogP contribution in [0.3, 0.4) is 0 Å². The molecule has 0 bridgehead atoms. The van der Waals surface area contributed by atoms with E-state index in [1.54, 1.807) is 12.1 Å². The summed E-state index contributed by atoms with van der Waals surface area (Å²) >= 11 is 6.18. The number of alkyl halides is 3. The van der Waals surface area contributed by atoms with E-state index in [-0.39, 0.29) is 18.5 Å². The molecule has 5 heterocycles. The number of halogens is 4. The lowest BCUT2D eigenvalue weighted by Crippen LogP contribution is -2.73. The van der Waals surface area contributed by atoms with E-state index in [9.17, 15) is 13.2 Å². The van der Waals surface area contributed by atoms with Gasteiger partial charge < -0.3 is 9.80 Å². The minimum Gasteiger partial charge on any atom is -0.339 e. The summed E-state index contributed by atoms with van der Waals surface area (Å²) < 4.78 is 41.4. The van der Waals surface area contributed by atoms with Gasteiger partial charge in [0.1, 0.15) is 0 Å². The largest absolute Gasteiger partial charge is 0.401 e. The second-order valence-electron chi connectivity index (χ2n) is 9.56. The highest BCUT2D eigenvalue weighted by molar-refractivity contribution is 6.30. The topological polar surface area (TPSA) is 66.2 Å². The zero-order valence-corrected chi connectivity index (χ0v) is 19.2. The summed E-state index contributed by atoms with van der Waals surface area (Å²) in [5, 5.41) is 9.15. The minimum absolute atomic E-state index is 0.0519. The number of rotatable bonds is 3. The van der Waals surface area contributed by atoms with Crippen molar-refractivity contribution in [3.05, 3.63) is 52.6 Å². The first kappa shape index (κ1) is 21.6. The summed E-state index contributed by atoms with van der Waals surface area (Å²) in [4.78, 5) is 14.4. The van der Waals surface area contributed by atoms with Crippen LogP contribution >= 0.6 is 11.6 Å². The number of hydrogen-bond acceptors (Lipinski definition) is 7. The maximum atomic E-state index is 13.2. The van der Waals surface area contributed by atoms with Crippen LogP contribution in [0.4, 0.5) is 25.1 Å². The second kappa shape index (κ2) is 7.54. The molecular weight excluding hydrogens is 469 g/mol. The third-order valence-electron chi connectivity index (χ3n) is 6.60. The average Bonchev–Trinajstić information content (AvgIpc) is 3.02. The second-order valence-corrected chi connectivity index (χ2v) is 9.99. The molecule has 3 aliphatic heterocycles. The number of aromatic nitrogens is 5. The molecule has 2 aromatic heterocycles. The van der Waals surface area contributed by atoms with Gasteiger partial charge in [-0.2, -0.15) is 13.2 Å². The first-order chi connectivity index (χ1) is 16.2. The molecule has 0 atom stereocenters. The summed E-state index contributed by atoms with van der Waals surface area (Å²) in [7, 11) is 0. The molecule has 178 valence electrons. The molecule has 3 aliphatic rings. The van der Waals surface area contributed by atoms with Crippen molar-refractivity contribution in [1.82, 2.24) is 29.6 Å². The summed E-state index contributed by atoms with van der Waals surface area (Å²) in [6.07, 6.45) is -0.673. The molecule has 0 unspecified atom stereocenters. The molecule has 3 aromatic rings. The van der Waals surface area contributed by atoms with Crippen molar-refractivity contribution in [3.8, 4) is 5.69 Å². The van der Waals surface area contributed by atoms with Crippen molar-refractivity contribution >= 4 is 23.5 Å². The zero-order chi connectivity index (χ0) is 23.7. The molecule has 12 heteroatoms. The SMILES string of the molecule is Cc1cnc(N2CC3(C2)CN(c2nnc4n2-c2ccc(Cl)cc2CN(CC(F)(F)F)C4)C3)nc1. The van der Waals surface area contributed by atoms with Crippen LogP contribution in [0, 0.1) is 12.3 Å². The van der Waals surface area contributed by atoms with Crippen molar-refractivity contribution in [2.45, 2.75) is 26.2 Å². The van der Waals surface area contributed by atoms with Gasteiger partial charge in [-0.1, -0.05) is 11.6 Å². The summed E-state index contributed by atoms with van der Waals surface area (Å²) in [5.41, 5.74) is 2.65. The van der Waals surface area contributed by atoms with Gasteiger partial charge in [0.2, 0.25) is 11.9 Å². The monoisotopic (exact) mass is 490 g/mol. The Labute approximate surface area is 199 Å². The van der Waals surface area contributed by atoms with E-state index in [0.717, 1.165) is 48.9 Å². The van der Waals surface area contributed by atoms with Crippen molar-refractivity contribution in [2.24, 2.45) is 5.41 Å². The number of benzene rings is 1. The number of anilines is 2. The number of aryl methyl sites for hydroxylation is 1. The molecule has 0 amide bonds. The van der Waals surface area contributed by atoms with Crippen LogP contribution in [0.1, 0.15) is 17.0 Å². The standard InChI is InChI=1S/C22H22ClF3N8/c1-14-5-27-19(28-6-14)32-9-21(10-32)11-33(12-21)20-30-29-18-8-31(13-22(24,25)26)7-15-4-16(23)2-3-17(15)34(18)20/h2-6H,7-13H2,1H3. The van der Waals surface area contributed by atoms with E-state index < -0.39 is 12.7 Å². The maximum absolute atomic E-state index is 13.2. The molecule has 2 saturated heterocycles. The van der Waals surface area contributed by atoms with E-state index >= 15 is 0 Å². The Kier molecular flexibility index (Phi) is 4.79. The fourth-order valence-corrected chi connectivity index (χ4v) is 5.38. The highest BCUT2D eigenvalue weighted by Gasteiger charge is 2.54. The van der Waals surface area contributed by atoms with Crippen molar-refractivity contribution < 1.29 is 13.2 Å². The molecule has 0 radical (unpaired) electrons. The van der Waals surface area contributed by atoms with Gasteiger partial charge in [0.25, 0.3) is 0 Å². The number of nitrogens with zero attached hydrogens (tertiary/aromatic N) is 8. The normalized spacial score (nSPS) is 19.3. The van der Waals surface area contributed by atoms with Gasteiger partial charge in [0, 0.05) is 55.6 Å². The Morgan fingerprint density at radius 1 is 1.00 bits per heavy atom. The van der Waals surface area contributed by atoms with Crippen molar-refractivity contribution in [3.63, 3.8) is 0 Å². The maximum Gasteiger partial charge on any atom is 0.401 e. The van der Waals surface area contributed by atoms with Gasteiger partial charge >= 0.3 is 6.18 Å². The fourth-order valence-electron chi connectivity index (χ4n) is 5.18. The third kappa shape index (κ3) is 3.76. The van der Waals surface area contributed by atoms with E-state index in [4.69, 9.17) is 11.6 Å².